The molecule has 0 aliphatic heterocycles. The molecule has 0 saturated heterocycles. The van der Waals surface area contributed by atoms with Crippen molar-refractivity contribution in [1.82, 2.24) is 5.43 Å². The highest BCUT2D eigenvalue weighted by atomic mass is 127. The van der Waals surface area contributed by atoms with E-state index in [9.17, 15) is 20.0 Å². The number of nitro benzene ring substituents is 1. The Morgan fingerprint density at radius 3 is 2.80 bits per heavy atom. The second-order valence-corrected chi connectivity index (χ2v) is 6.35. The SMILES string of the molecule is Cc1cc(I)ccc1NCC(=O)NN=Cc1cc([N+](=O)[O-])ccc1O. The van der Waals surface area contributed by atoms with Crippen LogP contribution in [-0.4, -0.2) is 28.7 Å². The van der Waals surface area contributed by atoms with Crippen LogP contribution in [0.15, 0.2) is 41.5 Å². The average molecular weight is 454 g/mol. The molecule has 25 heavy (non-hydrogen) atoms. The van der Waals surface area contributed by atoms with Gasteiger partial charge in [0.15, 0.2) is 0 Å². The molecule has 3 N–H and O–H groups in total. The molecule has 0 radical (unpaired) electrons. The number of hydrazone groups is 1. The number of amides is 1. The van der Waals surface area contributed by atoms with Crippen LogP contribution in [0.5, 0.6) is 5.75 Å². The number of aryl methyl sites for hydroxylation is 1. The Hall–Kier alpha value is -2.69. The van der Waals surface area contributed by atoms with Gasteiger partial charge in [0.05, 0.1) is 17.7 Å². The number of aromatic hydroxyl groups is 1. The number of carbonyl (C=O) groups is 1. The Balaban J connectivity index is 1.92. The zero-order valence-electron chi connectivity index (χ0n) is 13.2. The van der Waals surface area contributed by atoms with Crippen molar-refractivity contribution < 1.29 is 14.8 Å². The third-order valence-electron chi connectivity index (χ3n) is 3.24. The Morgan fingerprint density at radius 2 is 2.12 bits per heavy atom. The molecule has 8 nitrogen and oxygen atoms in total. The lowest BCUT2D eigenvalue weighted by molar-refractivity contribution is -0.384. The van der Waals surface area contributed by atoms with E-state index in [0.717, 1.165) is 27.1 Å². The van der Waals surface area contributed by atoms with Crippen LogP contribution in [-0.2, 0) is 4.79 Å². The predicted molar refractivity (Wildman–Crippen MR) is 103 cm³/mol. The fourth-order valence-corrected chi connectivity index (χ4v) is 2.62. The van der Waals surface area contributed by atoms with Gasteiger partial charge in [-0.1, -0.05) is 0 Å². The van der Waals surface area contributed by atoms with Crippen LogP contribution < -0.4 is 10.7 Å². The molecule has 9 heteroatoms. The van der Waals surface area contributed by atoms with Gasteiger partial charge in [0, 0.05) is 27.0 Å². The second-order valence-electron chi connectivity index (χ2n) is 5.11. The lowest BCUT2D eigenvalue weighted by atomic mass is 10.2. The maximum atomic E-state index is 11.8. The molecule has 1 amide bonds. The lowest BCUT2D eigenvalue weighted by Gasteiger charge is -2.08. The van der Waals surface area contributed by atoms with Gasteiger partial charge in [-0.3, -0.25) is 14.9 Å². The molecular formula is C16H15IN4O4. The first kappa shape index (κ1) is 18.6. The van der Waals surface area contributed by atoms with Gasteiger partial charge in [0.25, 0.3) is 11.6 Å². The highest BCUT2D eigenvalue weighted by molar-refractivity contribution is 14.1. The van der Waals surface area contributed by atoms with E-state index in [1.165, 1.54) is 12.1 Å². The number of non-ortho nitro benzene ring substituents is 1. The summed E-state index contributed by atoms with van der Waals surface area (Å²) in [7, 11) is 0. The van der Waals surface area contributed by atoms with Gasteiger partial charge in [0.1, 0.15) is 5.75 Å². The van der Waals surface area contributed by atoms with E-state index in [1.807, 2.05) is 25.1 Å². The van der Waals surface area contributed by atoms with Gasteiger partial charge in [-0.15, -0.1) is 0 Å². The van der Waals surface area contributed by atoms with Gasteiger partial charge in [-0.05, 0) is 59.3 Å². The number of benzene rings is 2. The molecule has 0 aliphatic rings. The van der Waals surface area contributed by atoms with Crippen LogP contribution in [0.25, 0.3) is 0 Å². The van der Waals surface area contributed by atoms with Gasteiger partial charge >= 0.3 is 0 Å². The minimum absolute atomic E-state index is 0.0136. The Morgan fingerprint density at radius 1 is 1.36 bits per heavy atom. The largest absolute Gasteiger partial charge is 0.507 e. The van der Waals surface area contributed by atoms with E-state index in [2.05, 4.69) is 38.4 Å². The number of nitrogens with one attached hydrogen (secondary N) is 2. The van der Waals surface area contributed by atoms with Crippen molar-refractivity contribution in [3.8, 4) is 5.75 Å². The zero-order chi connectivity index (χ0) is 18.4. The Kier molecular flexibility index (Phi) is 6.28. The van der Waals surface area contributed by atoms with Crippen LogP contribution >= 0.6 is 22.6 Å². The molecule has 2 rings (SSSR count). The van der Waals surface area contributed by atoms with E-state index in [4.69, 9.17) is 0 Å². The molecule has 0 bridgehead atoms. The summed E-state index contributed by atoms with van der Waals surface area (Å²) >= 11 is 2.21. The molecule has 0 aromatic heterocycles. The third kappa shape index (κ3) is 5.41. The number of carbonyl (C=O) groups excluding carboxylic acids is 1. The summed E-state index contributed by atoms with van der Waals surface area (Å²) < 4.78 is 1.10. The number of rotatable bonds is 6. The summed E-state index contributed by atoms with van der Waals surface area (Å²) in [6.45, 7) is 1.95. The minimum Gasteiger partial charge on any atom is -0.507 e. The molecular weight excluding hydrogens is 439 g/mol. The van der Waals surface area contributed by atoms with Crippen LogP contribution in [0.4, 0.5) is 11.4 Å². The predicted octanol–water partition coefficient (Wildman–Crippen LogP) is 2.78. The number of hydrogen-bond acceptors (Lipinski definition) is 6. The molecule has 0 saturated carbocycles. The maximum absolute atomic E-state index is 11.8. The highest BCUT2D eigenvalue weighted by Gasteiger charge is 2.09. The summed E-state index contributed by atoms with van der Waals surface area (Å²) in [5.41, 5.74) is 4.11. The summed E-state index contributed by atoms with van der Waals surface area (Å²) in [6, 6.07) is 9.34. The molecule has 130 valence electrons. The number of nitrogens with zero attached hydrogens (tertiary/aromatic N) is 2. The van der Waals surface area contributed by atoms with Crippen molar-refractivity contribution in [1.29, 1.82) is 0 Å². The average Bonchev–Trinajstić information content (AvgIpc) is 2.55. The number of phenols is 1. The van der Waals surface area contributed by atoms with Crippen molar-refractivity contribution in [3.63, 3.8) is 0 Å². The fraction of sp³-hybridized carbons (Fsp3) is 0.125. The van der Waals surface area contributed by atoms with Gasteiger partial charge in [-0.25, -0.2) is 5.43 Å². The molecule has 0 atom stereocenters. The first-order valence-electron chi connectivity index (χ1n) is 7.16. The van der Waals surface area contributed by atoms with Crippen LogP contribution in [0.2, 0.25) is 0 Å². The van der Waals surface area contributed by atoms with Crippen molar-refractivity contribution in [2.24, 2.45) is 5.10 Å². The van der Waals surface area contributed by atoms with Gasteiger partial charge in [0.2, 0.25) is 0 Å². The number of anilines is 1. The van der Waals surface area contributed by atoms with Gasteiger partial charge < -0.3 is 10.4 Å². The van der Waals surface area contributed by atoms with E-state index in [-0.39, 0.29) is 29.5 Å². The van der Waals surface area contributed by atoms with Crippen LogP contribution in [0, 0.1) is 20.6 Å². The number of phenolic OH excluding ortho intramolecular Hbond substituents is 1. The van der Waals surface area contributed by atoms with Gasteiger partial charge in [-0.2, -0.15) is 5.10 Å². The van der Waals surface area contributed by atoms with Crippen LogP contribution in [0.1, 0.15) is 11.1 Å². The smallest absolute Gasteiger partial charge is 0.270 e. The summed E-state index contributed by atoms with van der Waals surface area (Å²) in [5.74, 6) is -0.560. The van der Waals surface area contributed by atoms with Crippen LogP contribution in [0.3, 0.4) is 0 Å². The Bertz CT molecular complexity index is 839. The van der Waals surface area contributed by atoms with E-state index >= 15 is 0 Å². The molecule has 0 heterocycles. The fourth-order valence-electron chi connectivity index (χ4n) is 1.97. The number of nitro groups is 1. The molecule has 0 fully saturated rings. The molecule has 2 aromatic carbocycles. The monoisotopic (exact) mass is 454 g/mol. The standard InChI is InChI=1S/C16H15IN4O4/c1-10-6-12(17)2-4-14(10)18-9-16(23)20-19-8-11-7-13(21(24)25)3-5-15(11)22/h2-8,18,22H,9H2,1H3,(H,20,23). The molecule has 0 unspecified atom stereocenters. The normalized spacial score (nSPS) is 10.6. The first-order chi connectivity index (χ1) is 11.9. The summed E-state index contributed by atoms with van der Waals surface area (Å²) in [4.78, 5) is 21.9. The lowest BCUT2D eigenvalue weighted by Crippen LogP contribution is -2.26. The highest BCUT2D eigenvalue weighted by Crippen LogP contribution is 2.21. The summed E-state index contributed by atoms with van der Waals surface area (Å²) in [5, 5.41) is 27.1. The number of hydrogen-bond donors (Lipinski definition) is 3. The zero-order valence-corrected chi connectivity index (χ0v) is 15.4. The van der Waals surface area contributed by atoms with E-state index in [0.29, 0.717) is 0 Å². The van der Waals surface area contributed by atoms with Crippen molar-refractivity contribution in [2.45, 2.75) is 6.92 Å². The van der Waals surface area contributed by atoms with Crippen molar-refractivity contribution in [3.05, 3.63) is 61.2 Å². The third-order valence-corrected chi connectivity index (χ3v) is 3.91. The summed E-state index contributed by atoms with van der Waals surface area (Å²) in [6.07, 6.45) is 1.15. The molecule has 2 aromatic rings. The quantitative estimate of drug-likeness (QED) is 0.269. The second kappa shape index (κ2) is 8.42. The van der Waals surface area contributed by atoms with E-state index < -0.39 is 4.92 Å². The number of halogens is 1. The minimum atomic E-state index is -0.581. The van der Waals surface area contributed by atoms with Crippen molar-refractivity contribution >= 4 is 46.1 Å². The van der Waals surface area contributed by atoms with E-state index in [1.54, 1.807) is 0 Å². The van der Waals surface area contributed by atoms with Crippen molar-refractivity contribution in [2.75, 3.05) is 11.9 Å². The topological polar surface area (TPSA) is 117 Å². The molecule has 0 aliphatic carbocycles. The Labute approximate surface area is 157 Å². The molecule has 0 spiro atoms. The first-order valence-corrected chi connectivity index (χ1v) is 8.24. The maximum Gasteiger partial charge on any atom is 0.270 e.